The number of halogens is 3. The van der Waals surface area contributed by atoms with Gasteiger partial charge in [-0.1, -0.05) is 47.6 Å². The maximum absolute atomic E-state index is 12.4. The van der Waals surface area contributed by atoms with E-state index in [1.165, 1.54) is 12.1 Å². The Morgan fingerprint density at radius 1 is 1.04 bits per heavy atom. The van der Waals surface area contributed by atoms with Crippen LogP contribution in [0, 0.1) is 0 Å². The van der Waals surface area contributed by atoms with Gasteiger partial charge < -0.3 is 9.74 Å². The van der Waals surface area contributed by atoms with Crippen molar-refractivity contribution in [1.82, 2.24) is 0 Å². The number of hydrogen-bond acceptors (Lipinski definition) is 2. The fourth-order valence-electron chi connectivity index (χ4n) is 3.40. The fourth-order valence-corrected chi connectivity index (χ4v) is 8.64. The molecule has 0 aliphatic heterocycles. The van der Waals surface area contributed by atoms with E-state index in [4.69, 9.17) is 4.43 Å². The van der Waals surface area contributed by atoms with Gasteiger partial charge in [0.05, 0.1) is 0 Å². The van der Waals surface area contributed by atoms with Gasteiger partial charge in [0.25, 0.3) is 8.32 Å². The van der Waals surface area contributed by atoms with Crippen LogP contribution in [0.25, 0.3) is 0 Å². The van der Waals surface area contributed by atoms with Gasteiger partial charge in [-0.25, -0.2) is 0 Å². The van der Waals surface area contributed by atoms with E-state index in [-0.39, 0.29) is 5.69 Å². The van der Waals surface area contributed by atoms with Crippen molar-refractivity contribution in [2.45, 2.75) is 64.3 Å². The number of nitrogens with one attached hydrogen (secondary N) is 1. The predicted molar refractivity (Wildman–Crippen MR) is 92.8 cm³/mol. The molecule has 0 atom stereocenters. The van der Waals surface area contributed by atoms with Gasteiger partial charge in [-0.3, -0.25) is 4.79 Å². The van der Waals surface area contributed by atoms with Crippen LogP contribution in [0.15, 0.2) is 24.3 Å². The van der Waals surface area contributed by atoms with E-state index in [0.717, 1.165) is 0 Å². The molecule has 0 saturated carbocycles. The van der Waals surface area contributed by atoms with Crippen molar-refractivity contribution < 1.29 is 22.4 Å². The normalized spacial score (nSPS) is 12.8. The highest BCUT2D eigenvalue weighted by atomic mass is 28.4. The van der Waals surface area contributed by atoms with Gasteiger partial charge in [0.15, 0.2) is 0 Å². The van der Waals surface area contributed by atoms with E-state index in [1.807, 2.05) is 5.32 Å². The molecule has 1 N–H and O–H groups in total. The Bertz CT molecular complexity index is 549. The number of alkyl halides is 3. The minimum atomic E-state index is -4.91. The molecule has 1 rings (SSSR count). The SMILES string of the molecule is CC(C)[Si](Oc1cccc(NC(=O)C(F)(F)F)c1)(C(C)C)C(C)C. The maximum atomic E-state index is 12.4. The molecule has 24 heavy (non-hydrogen) atoms. The first-order valence-electron chi connectivity index (χ1n) is 8.08. The Morgan fingerprint density at radius 2 is 1.54 bits per heavy atom. The molecule has 0 radical (unpaired) electrons. The molecule has 3 nitrogen and oxygen atoms in total. The van der Waals surface area contributed by atoms with E-state index >= 15 is 0 Å². The lowest BCUT2D eigenvalue weighted by Gasteiger charge is -2.42. The first-order valence-corrected chi connectivity index (χ1v) is 10.2. The van der Waals surface area contributed by atoms with Gasteiger partial charge in [0, 0.05) is 11.8 Å². The summed E-state index contributed by atoms with van der Waals surface area (Å²) in [5.74, 6) is -1.49. The number of carbonyl (C=O) groups is 1. The van der Waals surface area contributed by atoms with Crippen LogP contribution in [0.2, 0.25) is 16.6 Å². The molecular weight excluding hydrogens is 335 g/mol. The molecule has 136 valence electrons. The van der Waals surface area contributed by atoms with Crippen molar-refractivity contribution in [3.05, 3.63) is 24.3 Å². The molecule has 0 heterocycles. The van der Waals surface area contributed by atoms with Crippen molar-refractivity contribution in [3.63, 3.8) is 0 Å². The van der Waals surface area contributed by atoms with Crippen LogP contribution in [0.4, 0.5) is 18.9 Å². The first-order chi connectivity index (χ1) is 10.9. The highest BCUT2D eigenvalue weighted by molar-refractivity contribution is 6.78. The second kappa shape index (κ2) is 7.59. The Balaban J connectivity index is 3.11. The molecule has 0 unspecified atom stereocenters. The number of carbonyl (C=O) groups excluding carboxylic acids is 1. The average Bonchev–Trinajstić information content (AvgIpc) is 2.42. The topological polar surface area (TPSA) is 38.3 Å². The van der Waals surface area contributed by atoms with E-state index in [1.54, 1.807) is 12.1 Å². The summed E-state index contributed by atoms with van der Waals surface area (Å²) in [5, 5.41) is 1.87. The Labute approximate surface area is 142 Å². The molecule has 0 aliphatic carbocycles. The molecule has 0 saturated heterocycles. The lowest BCUT2D eigenvalue weighted by Crippen LogP contribution is -2.50. The molecule has 7 heteroatoms. The molecule has 0 bridgehead atoms. The third kappa shape index (κ3) is 4.52. The van der Waals surface area contributed by atoms with E-state index in [9.17, 15) is 18.0 Å². The van der Waals surface area contributed by atoms with Crippen molar-refractivity contribution in [1.29, 1.82) is 0 Å². The van der Waals surface area contributed by atoms with Gasteiger partial charge in [-0.05, 0) is 28.8 Å². The first kappa shape index (κ1) is 20.5. The van der Waals surface area contributed by atoms with Gasteiger partial charge in [-0.2, -0.15) is 13.2 Å². The van der Waals surface area contributed by atoms with Gasteiger partial charge in [0.1, 0.15) is 5.75 Å². The lowest BCUT2D eigenvalue weighted by atomic mass is 10.3. The largest absolute Gasteiger partial charge is 0.543 e. The van der Waals surface area contributed by atoms with E-state index < -0.39 is 20.4 Å². The number of anilines is 1. The Kier molecular flexibility index (Phi) is 6.50. The molecule has 1 amide bonds. The minimum absolute atomic E-state index is 0.0778. The fraction of sp³-hybridized carbons (Fsp3) is 0.588. The standard InChI is InChI=1S/C17H26F3NO2Si/c1-11(2)24(12(3)4,13(5)6)23-15-9-7-8-14(10-15)21-16(22)17(18,19)20/h7-13H,1-6H3,(H,21,22). The summed E-state index contributed by atoms with van der Waals surface area (Å²) in [6.45, 7) is 12.8. The van der Waals surface area contributed by atoms with Crippen LogP contribution in [-0.2, 0) is 4.79 Å². The highest BCUT2D eigenvalue weighted by Gasteiger charge is 2.47. The zero-order valence-corrected chi connectivity index (χ0v) is 16.0. The molecule has 0 spiro atoms. The highest BCUT2D eigenvalue weighted by Crippen LogP contribution is 2.43. The molecule has 1 aromatic carbocycles. The molecular formula is C17H26F3NO2Si. The van der Waals surface area contributed by atoms with Crippen LogP contribution >= 0.6 is 0 Å². The smallest absolute Gasteiger partial charge is 0.471 e. The Hall–Kier alpha value is -1.50. The zero-order chi connectivity index (χ0) is 18.7. The Morgan fingerprint density at radius 3 is 1.96 bits per heavy atom. The van der Waals surface area contributed by atoms with Crippen molar-refractivity contribution >= 4 is 19.9 Å². The third-order valence-corrected chi connectivity index (χ3v) is 10.4. The van der Waals surface area contributed by atoms with Crippen LogP contribution in [0.1, 0.15) is 41.5 Å². The second-order valence-electron chi connectivity index (χ2n) is 6.90. The average molecular weight is 361 g/mol. The van der Waals surface area contributed by atoms with E-state index in [0.29, 0.717) is 22.4 Å². The maximum Gasteiger partial charge on any atom is 0.471 e. The summed E-state index contributed by atoms with van der Waals surface area (Å²) in [6, 6.07) is 6.18. The molecule has 0 aliphatic rings. The van der Waals surface area contributed by atoms with Crippen LogP contribution in [0.5, 0.6) is 5.75 Å². The summed E-state index contributed by atoms with van der Waals surface area (Å²) in [4.78, 5) is 11.1. The monoisotopic (exact) mass is 361 g/mol. The molecule has 1 aromatic rings. The summed E-state index contributed by atoms with van der Waals surface area (Å²) in [6.07, 6.45) is -4.91. The van der Waals surface area contributed by atoms with E-state index in [2.05, 4.69) is 41.5 Å². The van der Waals surface area contributed by atoms with Crippen LogP contribution in [-0.4, -0.2) is 20.4 Å². The summed E-state index contributed by atoms with van der Waals surface area (Å²) in [5.41, 5.74) is 1.09. The van der Waals surface area contributed by atoms with Gasteiger partial charge in [-0.15, -0.1) is 0 Å². The van der Waals surface area contributed by atoms with Gasteiger partial charge in [0.2, 0.25) is 0 Å². The van der Waals surface area contributed by atoms with Crippen LogP contribution < -0.4 is 9.74 Å². The number of amides is 1. The number of rotatable bonds is 6. The predicted octanol–water partition coefficient (Wildman–Crippen LogP) is 5.74. The zero-order valence-electron chi connectivity index (χ0n) is 15.0. The number of hydrogen-bond donors (Lipinski definition) is 1. The summed E-state index contributed by atoms with van der Waals surface area (Å²) in [7, 11) is -2.20. The summed E-state index contributed by atoms with van der Waals surface area (Å²) >= 11 is 0. The summed E-state index contributed by atoms with van der Waals surface area (Å²) < 4.78 is 43.6. The lowest BCUT2D eigenvalue weighted by molar-refractivity contribution is -0.167. The van der Waals surface area contributed by atoms with Gasteiger partial charge >= 0.3 is 12.1 Å². The third-order valence-electron chi connectivity index (χ3n) is 4.35. The quantitative estimate of drug-likeness (QED) is 0.656. The molecule has 0 fully saturated rings. The minimum Gasteiger partial charge on any atom is -0.543 e. The number of benzene rings is 1. The van der Waals surface area contributed by atoms with Crippen molar-refractivity contribution in [2.75, 3.05) is 5.32 Å². The molecule has 0 aromatic heterocycles. The van der Waals surface area contributed by atoms with Crippen LogP contribution in [0.3, 0.4) is 0 Å². The second-order valence-corrected chi connectivity index (χ2v) is 12.3. The van der Waals surface area contributed by atoms with Crippen molar-refractivity contribution in [2.24, 2.45) is 0 Å². The van der Waals surface area contributed by atoms with Crippen molar-refractivity contribution in [3.8, 4) is 5.75 Å².